The highest BCUT2D eigenvalue weighted by molar-refractivity contribution is 7.86. The highest BCUT2D eigenvalue weighted by Crippen LogP contribution is 2.31. The summed E-state index contributed by atoms with van der Waals surface area (Å²) in [6, 6.07) is 2.63. The molecule has 0 N–H and O–H groups in total. The molecule has 1 aromatic carbocycles. The molecule has 4 rings (SSSR count). The summed E-state index contributed by atoms with van der Waals surface area (Å²) >= 11 is 0. The van der Waals surface area contributed by atoms with Gasteiger partial charge in [-0.3, -0.25) is 4.79 Å². The fourth-order valence-corrected chi connectivity index (χ4v) is 5.64. The minimum atomic E-state index is -3.60. The molecule has 1 saturated heterocycles. The number of hydrogen-bond donors (Lipinski definition) is 0. The summed E-state index contributed by atoms with van der Waals surface area (Å²) in [5.41, 5.74) is -0.529. The Morgan fingerprint density at radius 1 is 1.11 bits per heavy atom. The van der Waals surface area contributed by atoms with Gasteiger partial charge in [-0.25, -0.2) is 13.2 Å². The predicted molar refractivity (Wildman–Crippen MR) is 124 cm³/mol. The van der Waals surface area contributed by atoms with E-state index in [1.54, 1.807) is 11.8 Å². The Kier molecular flexibility index (Phi) is 7.38. The molecule has 2 fully saturated rings. The maximum atomic E-state index is 13.8. The lowest BCUT2D eigenvalue weighted by atomic mass is 10.2. The third-order valence-corrected chi connectivity index (χ3v) is 8.42. The van der Waals surface area contributed by atoms with Crippen LogP contribution in [-0.4, -0.2) is 78.9 Å². The van der Waals surface area contributed by atoms with Gasteiger partial charge in [-0.05, 0) is 25.0 Å². The van der Waals surface area contributed by atoms with Crippen LogP contribution in [-0.2, 0) is 10.2 Å². The summed E-state index contributed by atoms with van der Waals surface area (Å²) < 4.78 is 76.0. The van der Waals surface area contributed by atoms with Gasteiger partial charge in [0.05, 0.1) is 11.9 Å². The van der Waals surface area contributed by atoms with Crippen molar-refractivity contribution in [2.24, 2.45) is 0 Å². The van der Waals surface area contributed by atoms with E-state index in [-0.39, 0.29) is 44.0 Å². The Bertz CT molecular complexity index is 1210. The standard InChI is InChI=1S/C22H28F3N5O4S/c1-3-27(2)35(32,33)29-8-6-28(7-9-29)20-14-26-30(18-11-16(24)10-17(25)12-18)22(31)21(20)34-19-5-4-15(23)13-19/h10-12,14-15,19H,3-9,13H2,1-2H3. The van der Waals surface area contributed by atoms with E-state index in [1.807, 2.05) is 0 Å². The van der Waals surface area contributed by atoms with Crippen LogP contribution in [0.15, 0.2) is 29.2 Å². The predicted octanol–water partition coefficient (Wildman–Crippen LogP) is 2.10. The number of hydrogen-bond acceptors (Lipinski definition) is 6. The van der Waals surface area contributed by atoms with Gasteiger partial charge in [0.25, 0.3) is 10.2 Å². The summed E-state index contributed by atoms with van der Waals surface area (Å²) in [4.78, 5) is 15.2. The molecule has 2 atom stereocenters. The number of alkyl halides is 1. The van der Waals surface area contributed by atoms with Crippen molar-refractivity contribution >= 4 is 15.9 Å². The maximum absolute atomic E-state index is 13.8. The van der Waals surface area contributed by atoms with Crippen molar-refractivity contribution in [2.45, 2.75) is 38.5 Å². The highest BCUT2D eigenvalue weighted by atomic mass is 32.2. The van der Waals surface area contributed by atoms with E-state index < -0.39 is 39.7 Å². The second kappa shape index (κ2) is 10.2. The lowest BCUT2D eigenvalue weighted by molar-refractivity contribution is 0.193. The van der Waals surface area contributed by atoms with E-state index in [9.17, 15) is 26.4 Å². The molecule has 2 aromatic rings. The van der Waals surface area contributed by atoms with Crippen molar-refractivity contribution < 1.29 is 26.3 Å². The molecule has 0 amide bonds. The van der Waals surface area contributed by atoms with Gasteiger partial charge in [-0.15, -0.1) is 0 Å². The topological polar surface area (TPSA) is 88.0 Å². The van der Waals surface area contributed by atoms with E-state index in [0.717, 1.165) is 16.8 Å². The Morgan fingerprint density at radius 3 is 2.34 bits per heavy atom. The number of nitrogens with zero attached hydrogens (tertiary/aromatic N) is 5. The molecule has 1 aromatic heterocycles. The summed E-state index contributed by atoms with van der Waals surface area (Å²) in [6.07, 6.45) is 0.655. The number of piperazine rings is 1. The van der Waals surface area contributed by atoms with Gasteiger partial charge in [-0.2, -0.15) is 26.8 Å². The molecule has 0 spiro atoms. The quantitative estimate of drug-likeness (QED) is 0.561. The molecule has 192 valence electrons. The first-order valence-corrected chi connectivity index (χ1v) is 12.9. The van der Waals surface area contributed by atoms with Crippen molar-refractivity contribution in [2.75, 3.05) is 44.7 Å². The molecular weight excluding hydrogens is 487 g/mol. The molecule has 35 heavy (non-hydrogen) atoms. The van der Waals surface area contributed by atoms with Gasteiger partial charge in [0.2, 0.25) is 5.75 Å². The number of benzene rings is 1. The molecule has 13 heteroatoms. The number of halogens is 3. The first-order chi connectivity index (χ1) is 16.6. The highest BCUT2D eigenvalue weighted by Gasteiger charge is 2.33. The Hall–Kier alpha value is -2.64. The number of ether oxygens (including phenoxy) is 1. The van der Waals surface area contributed by atoms with Crippen LogP contribution in [0.2, 0.25) is 0 Å². The SMILES string of the molecule is CCN(C)S(=O)(=O)N1CCN(c2cnn(-c3cc(F)cc(F)c3)c(=O)c2OC2CCC(F)C2)CC1. The zero-order chi connectivity index (χ0) is 25.3. The Labute approximate surface area is 201 Å². The maximum Gasteiger partial charge on any atom is 0.316 e. The lowest BCUT2D eigenvalue weighted by Crippen LogP contribution is -2.52. The largest absolute Gasteiger partial charge is 0.483 e. The van der Waals surface area contributed by atoms with Gasteiger partial charge in [0.1, 0.15) is 29.6 Å². The monoisotopic (exact) mass is 515 g/mol. The summed E-state index contributed by atoms with van der Waals surface area (Å²) in [5.74, 6) is -1.85. The van der Waals surface area contributed by atoms with E-state index in [0.29, 0.717) is 31.1 Å². The van der Waals surface area contributed by atoms with E-state index >= 15 is 0 Å². The molecule has 0 bridgehead atoms. The van der Waals surface area contributed by atoms with Crippen LogP contribution in [0.3, 0.4) is 0 Å². The van der Waals surface area contributed by atoms with E-state index in [1.165, 1.54) is 21.9 Å². The normalized spacial score (nSPS) is 21.6. The average molecular weight is 516 g/mol. The van der Waals surface area contributed by atoms with Gasteiger partial charge < -0.3 is 9.64 Å². The first kappa shape index (κ1) is 25.5. The molecule has 9 nitrogen and oxygen atoms in total. The summed E-state index contributed by atoms with van der Waals surface area (Å²) in [6.45, 7) is 2.97. The molecule has 0 radical (unpaired) electrons. The van der Waals surface area contributed by atoms with E-state index in [4.69, 9.17) is 4.74 Å². The number of rotatable bonds is 7. The molecular formula is C22H28F3N5O4S. The molecule has 1 aliphatic carbocycles. The second-order valence-corrected chi connectivity index (χ2v) is 10.7. The molecule has 2 heterocycles. The van der Waals surface area contributed by atoms with Crippen molar-refractivity contribution in [1.29, 1.82) is 0 Å². The third kappa shape index (κ3) is 5.31. The molecule has 2 aliphatic rings. The zero-order valence-corrected chi connectivity index (χ0v) is 20.3. The molecule has 1 saturated carbocycles. The lowest BCUT2D eigenvalue weighted by Gasteiger charge is -2.37. The van der Waals surface area contributed by atoms with Crippen LogP contribution >= 0.6 is 0 Å². The number of anilines is 1. The van der Waals surface area contributed by atoms with Gasteiger partial charge in [0.15, 0.2) is 0 Å². The van der Waals surface area contributed by atoms with Crippen LogP contribution < -0.4 is 15.2 Å². The van der Waals surface area contributed by atoms with E-state index in [2.05, 4.69) is 5.10 Å². The molecule has 1 aliphatic heterocycles. The van der Waals surface area contributed by atoms with Crippen LogP contribution in [0.5, 0.6) is 5.75 Å². The fourth-order valence-electron chi connectivity index (χ4n) is 4.29. The smallest absolute Gasteiger partial charge is 0.316 e. The van der Waals surface area contributed by atoms with Crippen LogP contribution in [0.1, 0.15) is 26.2 Å². The van der Waals surface area contributed by atoms with Crippen molar-refractivity contribution in [3.8, 4) is 11.4 Å². The average Bonchev–Trinajstić information content (AvgIpc) is 3.23. The number of aromatic nitrogens is 2. The third-order valence-electron chi connectivity index (χ3n) is 6.36. The summed E-state index contributed by atoms with van der Waals surface area (Å²) in [5, 5.41) is 4.10. The van der Waals surface area contributed by atoms with Crippen LogP contribution in [0.4, 0.5) is 18.9 Å². The Balaban J connectivity index is 1.66. The van der Waals surface area contributed by atoms with Crippen molar-refractivity contribution in [3.63, 3.8) is 0 Å². The fraction of sp³-hybridized carbons (Fsp3) is 0.545. The van der Waals surface area contributed by atoms with Gasteiger partial charge in [-0.1, -0.05) is 6.92 Å². The minimum absolute atomic E-state index is 0.106. The Morgan fingerprint density at radius 2 is 1.77 bits per heavy atom. The second-order valence-electron chi connectivity index (χ2n) is 8.66. The van der Waals surface area contributed by atoms with Crippen molar-refractivity contribution in [1.82, 2.24) is 18.4 Å². The van der Waals surface area contributed by atoms with Crippen molar-refractivity contribution in [3.05, 3.63) is 46.4 Å². The zero-order valence-electron chi connectivity index (χ0n) is 19.5. The van der Waals surface area contributed by atoms with Gasteiger partial charge in [0, 0.05) is 52.3 Å². The summed E-state index contributed by atoms with van der Waals surface area (Å²) in [7, 11) is -2.09. The molecule has 2 unspecified atom stereocenters. The van der Waals surface area contributed by atoms with Gasteiger partial charge >= 0.3 is 5.56 Å². The van der Waals surface area contributed by atoms with Crippen LogP contribution in [0.25, 0.3) is 5.69 Å². The van der Waals surface area contributed by atoms with Crippen LogP contribution in [0, 0.1) is 11.6 Å². The first-order valence-electron chi connectivity index (χ1n) is 11.5. The minimum Gasteiger partial charge on any atom is -0.483 e.